The SMILES string of the molecule is ONCC1=NCc2ccccc21. The molecule has 2 rings (SSSR count). The van der Waals surface area contributed by atoms with Crippen LogP contribution in [0.15, 0.2) is 29.3 Å². The van der Waals surface area contributed by atoms with Crippen molar-refractivity contribution >= 4 is 5.71 Å². The molecule has 0 bridgehead atoms. The molecule has 0 spiro atoms. The van der Waals surface area contributed by atoms with Gasteiger partial charge in [0.25, 0.3) is 0 Å². The summed E-state index contributed by atoms with van der Waals surface area (Å²) in [5, 5.41) is 8.52. The molecule has 0 aliphatic carbocycles. The second-order valence-corrected chi connectivity index (χ2v) is 2.75. The van der Waals surface area contributed by atoms with E-state index in [1.807, 2.05) is 18.2 Å². The number of hydrogen-bond donors (Lipinski definition) is 2. The summed E-state index contributed by atoms with van der Waals surface area (Å²) in [7, 11) is 0. The molecule has 12 heavy (non-hydrogen) atoms. The third kappa shape index (κ3) is 1.13. The van der Waals surface area contributed by atoms with Crippen LogP contribution >= 0.6 is 0 Å². The van der Waals surface area contributed by atoms with Crippen molar-refractivity contribution in [1.29, 1.82) is 0 Å². The maximum atomic E-state index is 8.52. The van der Waals surface area contributed by atoms with Gasteiger partial charge in [-0.25, -0.2) is 0 Å². The van der Waals surface area contributed by atoms with Gasteiger partial charge in [-0.3, -0.25) is 4.99 Å². The van der Waals surface area contributed by atoms with E-state index in [4.69, 9.17) is 5.21 Å². The zero-order valence-corrected chi connectivity index (χ0v) is 6.62. The van der Waals surface area contributed by atoms with Crippen LogP contribution in [0.5, 0.6) is 0 Å². The maximum Gasteiger partial charge on any atom is 0.0650 e. The predicted molar refractivity (Wildman–Crippen MR) is 46.5 cm³/mol. The van der Waals surface area contributed by atoms with Crippen LogP contribution in [0.3, 0.4) is 0 Å². The lowest BCUT2D eigenvalue weighted by atomic mass is 10.1. The Morgan fingerprint density at radius 3 is 3.08 bits per heavy atom. The normalized spacial score (nSPS) is 14.2. The van der Waals surface area contributed by atoms with Gasteiger partial charge in [0.05, 0.1) is 18.8 Å². The van der Waals surface area contributed by atoms with Crippen molar-refractivity contribution < 1.29 is 5.21 Å². The summed E-state index contributed by atoms with van der Waals surface area (Å²) in [4.78, 5) is 4.29. The first-order chi connectivity index (χ1) is 5.92. The van der Waals surface area contributed by atoms with E-state index in [0.29, 0.717) is 6.54 Å². The maximum absolute atomic E-state index is 8.52. The van der Waals surface area contributed by atoms with Gasteiger partial charge in [0.15, 0.2) is 0 Å². The Morgan fingerprint density at radius 2 is 2.25 bits per heavy atom. The summed E-state index contributed by atoms with van der Waals surface area (Å²) in [6.07, 6.45) is 0. The van der Waals surface area contributed by atoms with Gasteiger partial charge in [-0.1, -0.05) is 24.3 Å². The van der Waals surface area contributed by atoms with Crippen LogP contribution in [0.25, 0.3) is 0 Å². The molecule has 1 aromatic rings. The molecule has 1 aromatic carbocycles. The molecule has 2 N–H and O–H groups in total. The van der Waals surface area contributed by atoms with Gasteiger partial charge in [-0.2, -0.15) is 5.48 Å². The summed E-state index contributed by atoms with van der Waals surface area (Å²) >= 11 is 0. The molecular weight excluding hydrogens is 152 g/mol. The summed E-state index contributed by atoms with van der Waals surface area (Å²) in [5.74, 6) is 0. The fourth-order valence-corrected chi connectivity index (χ4v) is 1.43. The van der Waals surface area contributed by atoms with Gasteiger partial charge >= 0.3 is 0 Å². The lowest BCUT2D eigenvalue weighted by Crippen LogP contribution is -2.18. The highest BCUT2D eigenvalue weighted by Crippen LogP contribution is 2.17. The van der Waals surface area contributed by atoms with E-state index in [2.05, 4.69) is 16.5 Å². The molecule has 0 unspecified atom stereocenters. The molecule has 0 saturated heterocycles. The Labute approximate surface area is 70.7 Å². The first-order valence-corrected chi connectivity index (χ1v) is 3.90. The average molecular weight is 162 g/mol. The molecule has 1 aliphatic rings. The Bertz CT molecular complexity index is 320. The van der Waals surface area contributed by atoms with Crippen molar-refractivity contribution in [2.75, 3.05) is 6.54 Å². The van der Waals surface area contributed by atoms with Crippen molar-refractivity contribution in [3.05, 3.63) is 35.4 Å². The van der Waals surface area contributed by atoms with E-state index in [9.17, 15) is 0 Å². The summed E-state index contributed by atoms with van der Waals surface area (Å²) < 4.78 is 0. The highest BCUT2D eigenvalue weighted by atomic mass is 16.5. The molecule has 0 amide bonds. The second kappa shape index (κ2) is 3.05. The average Bonchev–Trinajstić information content (AvgIpc) is 2.50. The molecule has 0 atom stereocenters. The minimum Gasteiger partial charge on any atom is -0.316 e. The highest BCUT2D eigenvalue weighted by Gasteiger charge is 2.13. The van der Waals surface area contributed by atoms with Crippen molar-refractivity contribution in [2.45, 2.75) is 6.54 Å². The zero-order chi connectivity index (χ0) is 8.39. The fraction of sp³-hybridized carbons (Fsp3) is 0.222. The molecule has 0 aromatic heterocycles. The molecule has 1 heterocycles. The van der Waals surface area contributed by atoms with Crippen LogP contribution in [0, 0.1) is 0 Å². The van der Waals surface area contributed by atoms with Crippen LogP contribution < -0.4 is 5.48 Å². The largest absolute Gasteiger partial charge is 0.316 e. The van der Waals surface area contributed by atoms with E-state index in [1.165, 1.54) is 5.56 Å². The van der Waals surface area contributed by atoms with Crippen molar-refractivity contribution in [2.24, 2.45) is 4.99 Å². The molecule has 0 radical (unpaired) electrons. The molecule has 3 nitrogen and oxygen atoms in total. The quantitative estimate of drug-likeness (QED) is 0.636. The zero-order valence-electron chi connectivity index (χ0n) is 6.62. The molecule has 1 aliphatic heterocycles. The van der Waals surface area contributed by atoms with Gasteiger partial charge in [-0.05, 0) is 5.56 Å². The first-order valence-electron chi connectivity index (χ1n) is 3.90. The fourth-order valence-electron chi connectivity index (χ4n) is 1.43. The number of hydroxylamine groups is 1. The molecule has 0 saturated carbocycles. The number of nitrogens with zero attached hydrogens (tertiary/aromatic N) is 1. The van der Waals surface area contributed by atoms with E-state index < -0.39 is 0 Å². The van der Waals surface area contributed by atoms with Crippen LogP contribution in [-0.4, -0.2) is 17.5 Å². The van der Waals surface area contributed by atoms with Gasteiger partial charge in [-0.15, -0.1) is 0 Å². The number of aliphatic imine (C=N–C) groups is 1. The van der Waals surface area contributed by atoms with Crippen molar-refractivity contribution in [1.82, 2.24) is 5.48 Å². The third-order valence-corrected chi connectivity index (χ3v) is 2.02. The van der Waals surface area contributed by atoms with Gasteiger partial charge in [0, 0.05) is 5.56 Å². The molecular formula is C9H10N2O. The summed E-state index contributed by atoms with van der Waals surface area (Å²) in [6, 6.07) is 8.07. The number of rotatable bonds is 2. The number of hydrogen-bond acceptors (Lipinski definition) is 3. The van der Waals surface area contributed by atoms with Crippen LogP contribution in [0.2, 0.25) is 0 Å². The van der Waals surface area contributed by atoms with Gasteiger partial charge in [0.1, 0.15) is 0 Å². The Hall–Kier alpha value is -1.19. The van der Waals surface area contributed by atoms with E-state index in [-0.39, 0.29) is 0 Å². The minimum atomic E-state index is 0.428. The van der Waals surface area contributed by atoms with E-state index in [0.717, 1.165) is 17.8 Å². The molecule has 0 fully saturated rings. The monoisotopic (exact) mass is 162 g/mol. The van der Waals surface area contributed by atoms with E-state index in [1.54, 1.807) is 0 Å². The predicted octanol–water partition coefficient (Wildman–Crippen LogP) is 0.968. The lowest BCUT2D eigenvalue weighted by Gasteiger charge is -2.00. The number of benzene rings is 1. The van der Waals surface area contributed by atoms with Crippen molar-refractivity contribution in [3.8, 4) is 0 Å². The standard InChI is InChI=1S/C9H10N2O/c12-11-6-9-8-4-2-1-3-7(8)5-10-9/h1-4,11-12H,5-6H2. The second-order valence-electron chi connectivity index (χ2n) is 2.75. The van der Waals surface area contributed by atoms with Gasteiger partial charge < -0.3 is 5.21 Å². The Kier molecular flexibility index (Phi) is 1.89. The summed E-state index contributed by atoms with van der Waals surface area (Å²) in [5.41, 5.74) is 5.45. The topological polar surface area (TPSA) is 44.6 Å². The molecule has 62 valence electrons. The lowest BCUT2D eigenvalue weighted by molar-refractivity contribution is 0.184. The Morgan fingerprint density at radius 1 is 1.42 bits per heavy atom. The molecule has 3 heteroatoms. The van der Waals surface area contributed by atoms with E-state index >= 15 is 0 Å². The third-order valence-electron chi connectivity index (χ3n) is 2.02. The minimum absolute atomic E-state index is 0.428. The van der Waals surface area contributed by atoms with Crippen LogP contribution in [0.1, 0.15) is 11.1 Å². The highest BCUT2D eigenvalue weighted by molar-refractivity contribution is 6.04. The Balaban J connectivity index is 2.32. The smallest absolute Gasteiger partial charge is 0.0650 e. The number of fused-ring (bicyclic) bond motifs is 1. The van der Waals surface area contributed by atoms with Crippen LogP contribution in [-0.2, 0) is 6.54 Å². The summed E-state index contributed by atoms with van der Waals surface area (Å²) in [6.45, 7) is 1.17. The van der Waals surface area contributed by atoms with Crippen molar-refractivity contribution in [3.63, 3.8) is 0 Å². The van der Waals surface area contributed by atoms with Crippen LogP contribution in [0.4, 0.5) is 0 Å². The number of nitrogens with one attached hydrogen (secondary N) is 1. The van der Waals surface area contributed by atoms with Gasteiger partial charge in [0.2, 0.25) is 0 Å². The first kappa shape index (κ1) is 7.46.